The Morgan fingerprint density at radius 2 is 1.90 bits per heavy atom. The number of ether oxygens (including phenoxy) is 1. The molecule has 0 saturated heterocycles. The number of hydrogen-bond acceptors (Lipinski definition) is 4. The zero-order valence-corrected chi connectivity index (χ0v) is 12.8. The molecule has 0 aliphatic carbocycles. The van der Waals surface area contributed by atoms with Gasteiger partial charge in [-0.25, -0.2) is 4.98 Å². The molecule has 2 aromatic rings. The molecule has 4 nitrogen and oxygen atoms in total. The number of benzene rings is 1. The van der Waals surface area contributed by atoms with Crippen molar-refractivity contribution >= 4 is 5.82 Å². The SMILES string of the molecule is CCNc1cc(OCCCc2ccccc2)nc(CC)n1. The number of hydrogen-bond donors (Lipinski definition) is 1. The largest absolute Gasteiger partial charge is 0.478 e. The summed E-state index contributed by atoms with van der Waals surface area (Å²) in [5.74, 6) is 2.31. The molecule has 1 aromatic heterocycles. The Morgan fingerprint density at radius 3 is 2.62 bits per heavy atom. The van der Waals surface area contributed by atoms with Gasteiger partial charge in [-0.05, 0) is 25.3 Å². The first-order valence-electron chi connectivity index (χ1n) is 7.60. The van der Waals surface area contributed by atoms with Crippen molar-refractivity contribution in [3.05, 3.63) is 47.8 Å². The Kier molecular flexibility index (Phi) is 6.00. The van der Waals surface area contributed by atoms with Gasteiger partial charge in [0, 0.05) is 19.0 Å². The molecule has 112 valence electrons. The molecule has 1 N–H and O–H groups in total. The van der Waals surface area contributed by atoms with Gasteiger partial charge < -0.3 is 10.1 Å². The summed E-state index contributed by atoms with van der Waals surface area (Å²) in [6.45, 7) is 5.60. The molecule has 1 heterocycles. The van der Waals surface area contributed by atoms with Crippen LogP contribution in [0.25, 0.3) is 0 Å². The third-order valence-electron chi connectivity index (χ3n) is 3.13. The van der Waals surface area contributed by atoms with Crippen LogP contribution in [0.3, 0.4) is 0 Å². The fourth-order valence-corrected chi connectivity index (χ4v) is 2.07. The Balaban J connectivity index is 1.86. The van der Waals surface area contributed by atoms with Gasteiger partial charge in [0.15, 0.2) is 0 Å². The molecule has 0 aliphatic heterocycles. The highest BCUT2D eigenvalue weighted by Gasteiger charge is 2.04. The second-order valence-electron chi connectivity index (χ2n) is 4.83. The molecule has 0 unspecified atom stereocenters. The van der Waals surface area contributed by atoms with Crippen LogP contribution >= 0.6 is 0 Å². The topological polar surface area (TPSA) is 47.0 Å². The molecule has 1 aromatic carbocycles. The third-order valence-corrected chi connectivity index (χ3v) is 3.13. The minimum absolute atomic E-state index is 0.658. The number of nitrogens with one attached hydrogen (secondary N) is 1. The fraction of sp³-hybridized carbons (Fsp3) is 0.412. The summed E-state index contributed by atoms with van der Waals surface area (Å²) in [4.78, 5) is 8.82. The van der Waals surface area contributed by atoms with Crippen LogP contribution in [0, 0.1) is 0 Å². The second-order valence-corrected chi connectivity index (χ2v) is 4.83. The minimum atomic E-state index is 0.658. The van der Waals surface area contributed by atoms with Crippen LogP contribution in [0.15, 0.2) is 36.4 Å². The van der Waals surface area contributed by atoms with E-state index in [9.17, 15) is 0 Å². The normalized spacial score (nSPS) is 10.4. The van der Waals surface area contributed by atoms with Crippen LogP contribution in [0.1, 0.15) is 31.7 Å². The lowest BCUT2D eigenvalue weighted by Crippen LogP contribution is -2.07. The molecular weight excluding hydrogens is 262 g/mol. The van der Waals surface area contributed by atoms with Crippen molar-refractivity contribution in [2.75, 3.05) is 18.5 Å². The lowest BCUT2D eigenvalue weighted by Gasteiger charge is -2.09. The quantitative estimate of drug-likeness (QED) is 0.754. The number of rotatable bonds is 8. The first-order valence-corrected chi connectivity index (χ1v) is 7.60. The highest BCUT2D eigenvalue weighted by atomic mass is 16.5. The van der Waals surface area contributed by atoms with Gasteiger partial charge in [0.2, 0.25) is 5.88 Å². The van der Waals surface area contributed by atoms with Crippen LogP contribution in [0.5, 0.6) is 5.88 Å². The summed E-state index contributed by atoms with van der Waals surface area (Å²) in [6.07, 6.45) is 2.80. The second kappa shape index (κ2) is 8.25. The number of nitrogens with zero attached hydrogens (tertiary/aromatic N) is 2. The highest BCUT2D eigenvalue weighted by Crippen LogP contribution is 2.14. The molecule has 2 rings (SSSR count). The smallest absolute Gasteiger partial charge is 0.218 e. The van der Waals surface area contributed by atoms with E-state index >= 15 is 0 Å². The summed E-state index contributed by atoms with van der Waals surface area (Å²) in [6, 6.07) is 12.3. The van der Waals surface area contributed by atoms with Crippen LogP contribution < -0.4 is 10.1 Å². The van der Waals surface area contributed by atoms with Gasteiger partial charge in [-0.15, -0.1) is 0 Å². The number of aryl methyl sites for hydroxylation is 2. The Labute approximate surface area is 126 Å². The van der Waals surface area contributed by atoms with E-state index in [1.54, 1.807) is 0 Å². The van der Waals surface area contributed by atoms with Gasteiger partial charge in [-0.1, -0.05) is 37.3 Å². The lowest BCUT2D eigenvalue weighted by molar-refractivity contribution is 0.298. The van der Waals surface area contributed by atoms with Crippen molar-refractivity contribution < 1.29 is 4.74 Å². The van der Waals surface area contributed by atoms with Gasteiger partial charge in [0.25, 0.3) is 0 Å². The predicted molar refractivity (Wildman–Crippen MR) is 85.8 cm³/mol. The summed E-state index contributed by atoms with van der Waals surface area (Å²) in [5.41, 5.74) is 1.34. The standard InChI is InChI=1S/C17H23N3O/c1-3-15-19-16(18-4-2)13-17(20-15)21-12-8-11-14-9-6-5-7-10-14/h5-7,9-10,13H,3-4,8,11-12H2,1-2H3,(H,18,19,20). The predicted octanol–water partition coefficient (Wildman–Crippen LogP) is 3.48. The van der Waals surface area contributed by atoms with E-state index in [0.717, 1.165) is 37.4 Å². The van der Waals surface area contributed by atoms with Crippen LogP contribution in [-0.2, 0) is 12.8 Å². The first-order chi connectivity index (χ1) is 10.3. The number of anilines is 1. The minimum Gasteiger partial charge on any atom is -0.478 e. The summed E-state index contributed by atoms with van der Waals surface area (Å²) < 4.78 is 5.77. The van der Waals surface area contributed by atoms with E-state index < -0.39 is 0 Å². The highest BCUT2D eigenvalue weighted by molar-refractivity contribution is 5.38. The van der Waals surface area contributed by atoms with E-state index in [0.29, 0.717) is 12.5 Å². The van der Waals surface area contributed by atoms with Crippen molar-refractivity contribution in [3.63, 3.8) is 0 Å². The van der Waals surface area contributed by atoms with Crippen molar-refractivity contribution in [1.82, 2.24) is 9.97 Å². The molecule has 0 bridgehead atoms. The van der Waals surface area contributed by atoms with Crippen molar-refractivity contribution in [2.24, 2.45) is 0 Å². The van der Waals surface area contributed by atoms with Crippen LogP contribution in [0.4, 0.5) is 5.82 Å². The molecule has 4 heteroatoms. The van der Waals surface area contributed by atoms with Gasteiger partial charge in [-0.2, -0.15) is 4.98 Å². The molecule has 0 amide bonds. The van der Waals surface area contributed by atoms with Crippen LogP contribution in [0.2, 0.25) is 0 Å². The van der Waals surface area contributed by atoms with Crippen molar-refractivity contribution in [1.29, 1.82) is 0 Å². The zero-order chi connectivity index (χ0) is 14.9. The lowest BCUT2D eigenvalue weighted by atomic mass is 10.1. The van der Waals surface area contributed by atoms with Gasteiger partial charge in [-0.3, -0.25) is 0 Å². The summed E-state index contributed by atoms with van der Waals surface area (Å²) in [5, 5.41) is 3.21. The van der Waals surface area contributed by atoms with Gasteiger partial charge in [0.05, 0.1) is 6.61 Å². The molecule has 0 fully saturated rings. The molecule has 0 saturated carbocycles. The molecule has 0 spiro atoms. The van der Waals surface area contributed by atoms with E-state index in [1.165, 1.54) is 5.56 Å². The maximum Gasteiger partial charge on any atom is 0.218 e. The average Bonchev–Trinajstić information content (AvgIpc) is 2.53. The molecule has 0 radical (unpaired) electrons. The van der Waals surface area contributed by atoms with Crippen LogP contribution in [-0.4, -0.2) is 23.1 Å². The average molecular weight is 285 g/mol. The van der Waals surface area contributed by atoms with E-state index in [4.69, 9.17) is 4.74 Å². The fourth-order valence-electron chi connectivity index (χ4n) is 2.07. The molecule has 21 heavy (non-hydrogen) atoms. The van der Waals surface area contributed by atoms with Crippen molar-refractivity contribution in [3.8, 4) is 5.88 Å². The molecular formula is C17H23N3O. The zero-order valence-electron chi connectivity index (χ0n) is 12.8. The number of aromatic nitrogens is 2. The van der Waals surface area contributed by atoms with E-state index in [2.05, 4.69) is 39.6 Å². The van der Waals surface area contributed by atoms with Gasteiger partial charge in [0.1, 0.15) is 11.6 Å². The molecule has 0 aliphatic rings. The maximum atomic E-state index is 5.77. The third kappa shape index (κ3) is 5.06. The summed E-state index contributed by atoms with van der Waals surface area (Å²) >= 11 is 0. The monoisotopic (exact) mass is 285 g/mol. The molecule has 0 atom stereocenters. The Bertz CT molecular complexity index is 543. The summed E-state index contributed by atoms with van der Waals surface area (Å²) in [7, 11) is 0. The maximum absolute atomic E-state index is 5.77. The van der Waals surface area contributed by atoms with Gasteiger partial charge >= 0.3 is 0 Å². The van der Waals surface area contributed by atoms with E-state index in [-0.39, 0.29) is 0 Å². The Hall–Kier alpha value is -2.10. The Morgan fingerprint density at radius 1 is 1.10 bits per heavy atom. The van der Waals surface area contributed by atoms with Crippen molar-refractivity contribution in [2.45, 2.75) is 33.1 Å². The first kappa shape index (κ1) is 15.3. The van der Waals surface area contributed by atoms with E-state index in [1.807, 2.05) is 26.0 Å².